The van der Waals surface area contributed by atoms with Gasteiger partial charge in [-0.1, -0.05) is 68.1 Å². The summed E-state index contributed by atoms with van der Waals surface area (Å²) in [5, 5.41) is 0.220. The predicted octanol–water partition coefficient (Wildman–Crippen LogP) is 5.05. The Hall–Kier alpha value is -2.22. The Balaban J connectivity index is 1.45. The molecule has 2 aromatic carbocycles. The fourth-order valence-electron chi connectivity index (χ4n) is 6.36. The quantitative estimate of drug-likeness (QED) is 0.465. The van der Waals surface area contributed by atoms with Crippen molar-refractivity contribution in [3.8, 4) is 0 Å². The van der Waals surface area contributed by atoms with E-state index in [0.717, 1.165) is 37.0 Å². The zero-order valence-electron chi connectivity index (χ0n) is 20.6. The number of nitrogens with zero attached hydrogens (tertiary/aromatic N) is 3. The number of nitrogens with two attached hydrogens (primary N) is 1. The third kappa shape index (κ3) is 4.78. The van der Waals surface area contributed by atoms with Gasteiger partial charge in [-0.25, -0.2) is 13.4 Å². The third-order valence-electron chi connectivity index (χ3n) is 8.14. The molecule has 0 radical (unpaired) electrons. The number of hydrogen-bond donors (Lipinski definition) is 1. The molecule has 2 aliphatic rings. The number of hydrogen-bond acceptors (Lipinski definition) is 5. The molecule has 1 aromatic heterocycles. The van der Waals surface area contributed by atoms with Gasteiger partial charge in [0.25, 0.3) is 0 Å². The molecule has 7 heteroatoms. The largest absolute Gasteiger partial charge is 0.330 e. The molecule has 0 unspecified atom stereocenters. The highest BCUT2D eigenvalue weighted by molar-refractivity contribution is 7.91. The van der Waals surface area contributed by atoms with Crippen LogP contribution >= 0.6 is 0 Å². The summed E-state index contributed by atoms with van der Waals surface area (Å²) in [5.74, 6) is 0.0444. The number of aromatic nitrogens is 2. The molecule has 2 N–H and O–H groups in total. The maximum atomic E-state index is 13.3. The smallest absolute Gasteiger partial charge is 0.228 e. The van der Waals surface area contributed by atoms with Gasteiger partial charge < -0.3 is 10.3 Å². The van der Waals surface area contributed by atoms with Crippen molar-refractivity contribution in [3.05, 3.63) is 60.2 Å². The lowest BCUT2D eigenvalue weighted by Gasteiger charge is -2.48. The van der Waals surface area contributed by atoms with Gasteiger partial charge in [-0.05, 0) is 56.3 Å². The monoisotopic (exact) mass is 494 g/mol. The fourth-order valence-corrected chi connectivity index (χ4v) is 7.87. The van der Waals surface area contributed by atoms with Gasteiger partial charge in [-0.15, -0.1) is 0 Å². The van der Waals surface area contributed by atoms with Crippen molar-refractivity contribution in [1.82, 2.24) is 14.5 Å². The van der Waals surface area contributed by atoms with Crippen LogP contribution in [0.25, 0.3) is 11.0 Å². The number of fused-ring (bicyclic) bond motifs is 1. The number of rotatable bonds is 7. The minimum Gasteiger partial charge on any atom is -0.330 e. The van der Waals surface area contributed by atoms with Crippen LogP contribution in [-0.2, 0) is 15.4 Å². The van der Waals surface area contributed by atoms with Crippen LogP contribution in [0, 0.1) is 0 Å². The molecule has 5 rings (SSSR count). The first-order valence-electron chi connectivity index (χ1n) is 13.3. The minimum absolute atomic E-state index is 0.0444. The molecule has 0 atom stereocenters. The van der Waals surface area contributed by atoms with Gasteiger partial charge in [0.2, 0.25) is 15.0 Å². The summed E-state index contributed by atoms with van der Waals surface area (Å²) in [6.45, 7) is 2.29. The highest BCUT2D eigenvalue weighted by Crippen LogP contribution is 2.44. The first kappa shape index (κ1) is 24.5. The van der Waals surface area contributed by atoms with Crippen LogP contribution in [0.5, 0.6) is 0 Å². The average Bonchev–Trinajstić information content (AvgIpc) is 3.12. The van der Waals surface area contributed by atoms with Crippen molar-refractivity contribution in [2.75, 3.05) is 25.4 Å². The summed E-state index contributed by atoms with van der Waals surface area (Å²) < 4.78 is 28.6. The van der Waals surface area contributed by atoms with Gasteiger partial charge in [-0.3, -0.25) is 4.90 Å². The van der Waals surface area contributed by atoms with E-state index in [2.05, 4.69) is 40.2 Å². The van der Waals surface area contributed by atoms with Crippen LogP contribution in [0.1, 0.15) is 69.4 Å². The normalized spacial score (nSPS) is 20.1. The zero-order chi connectivity index (χ0) is 24.3. The first-order valence-corrected chi connectivity index (χ1v) is 14.9. The molecule has 1 aliphatic heterocycles. The van der Waals surface area contributed by atoms with E-state index in [4.69, 9.17) is 5.73 Å². The fraction of sp³-hybridized carbons (Fsp3) is 0.536. The summed E-state index contributed by atoms with van der Waals surface area (Å²) >= 11 is 0. The van der Waals surface area contributed by atoms with Gasteiger partial charge in [0, 0.05) is 24.7 Å². The number of benzene rings is 2. The molecule has 2 fully saturated rings. The Morgan fingerprint density at radius 1 is 0.914 bits per heavy atom. The molecule has 2 heterocycles. The van der Waals surface area contributed by atoms with Crippen LogP contribution < -0.4 is 5.73 Å². The molecule has 188 valence electrons. The molecule has 0 spiro atoms. The van der Waals surface area contributed by atoms with Crippen LogP contribution in [0.15, 0.2) is 59.8 Å². The summed E-state index contributed by atoms with van der Waals surface area (Å²) in [4.78, 5) is 7.33. The lowest BCUT2D eigenvalue weighted by atomic mass is 9.79. The Labute approximate surface area is 209 Å². The van der Waals surface area contributed by atoms with Crippen molar-refractivity contribution in [3.63, 3.8) is 0 Å². The van der Waals surface area contributed by atoms with Gasteiger partial charge in [0.05, 0.1) is 16.8 Å². The number of para-hydroxylation sites is 2. The second kappa shape index (κ2) is 10.4. The number of piperidine rings is 1. The maximum absolute atomic E-state index is 13.3. The number of sulfone groups is 1. The third-order valence-corrected chi connectivity index (χ3v) is 9.81. The highest BCUT2D eigenvalue weighted by Gasteiger charge is 2.41. The SMILES string of the molecule is NCCCS(=O)(=O)c1nc2ccccc2n1C1CCN(C2(c3ccccc3)CCCCCC2)CC1. The van der Waals surface area contributed by atoms with E-state index in [1.807, 2.05) is 28.8 Å². The molecule has 0 amide bonds. The van der Waals surface area contributed by atoms with Crippen molar-refractivity contribution < 1.29 is 8.42 Å². The van der Waals surface area contributed by atoms with Crippen LogP contribution in [0.3, 0.4) is 0 Å². The summed E-state index contributed by atoms with van der Waals surface area (Å²) in [5.41, 5.74) is 8.84. The second-order valence-electron chi connectivity index (χ2n) is 10.2. The van der Waals surface area contributed by atoms with E-state index < -0.39 is 9.84 Å². The zero-order valence-corrected chi connectivity index (χ0v) is 21.4. The van der Waals surface area contributed by atoms with Gasteiger partial charge in [-0.2, -0.15) is 0 Å². The number of imidazole rings is 1. The number of likely N-dealkylation sites (tertiary alicyclic amines) is 1. The van der Waals surface area contributed by atoms with E-state index >= 15 is 0 Å². The minimum atomic E-state index is -3.50. The first-order chi connectivity index (χ1) is 17.0. The molecule has 3 aromatic rings. The molecular formula is C28H38N4O2S. The van der Waals surface area contributed by atoms with Gasteiger partial charge in [0.15, 0.2) is 0 Å². The van der Waals surface area contributed by atoms with Crippen molar-refractivity contribution in [2.24, 2.45) is 5.73 Å². The molecule has 1 aliphatic carbocycles. The molecule has 1 saturated carbocycles. The highest BCUT2D eigenvalue weighted by atomic mass is 32.2. The van der Waals surface area contributed by atoms with E-state index in [0.29, 0.717) is 13.0 Å². The standard InChI is InChI=1S/C28H38N4O2S/c29-19-10-22-35(33,34)27-30-25-13-6-7-14-26(25)32(27)24-15-20-31(21-16-24)28(17-8-1-2-9-18-28)23-11-4-3-5-12-23/h3-7,11-14,24H,1-2,8-10,15-22,29H2. The van der Waals surface area contributed by atoms with E-state index in [1.165, 1.54) is 44.1 Å². The van der Waals surface area contributed by atoms with Crippen LogP contribution in [0.4, 0.5) is 0 Å². The summed E-state index contributed by atoms with van der Waals surface area (Å²) in [6.07, 6.45) is 9.87. The summed E-state index contributed by atoms with van der Waals surface area (Å²) in [6, 6.07) is 19.0. The van der Waals surface area contributed by atoms with Crippen molar-refractivity contribution in [1.29, 1.82) is 0 Å². The van der Waals surface area contributed by atoms with E-state index in [9.17, 15) is 8.42 Å². The Kier molecular flexibility index (Phi) is 7.28. The molecule has 1 saturated heterocycles. The lowest BCUT2D eigenvalue weighted by molar-refractivity contribution is 0.0348. The van der Waals surface area contributed by atoms with Gasteiger partial charge in [0.1, 0.15) is 0 Å². The van der Waals surface area contributed by atoms with Crippen molar-refractivity contribution in [2.45, 2.75) is 74.5 Å². The average molecular weight is 495 g/mol. The molecular weight excluding hydrogens is 456 g/mol. The van der Waals surface area contributed by atoms with Crippen molar-refractivity contribution >= 4 is 20.9 Å². The Morgan fingerprint density at radius 3 is 2.26 bits per heavy atom. The topological polar surface area (TPSA) is 81.2 Å². The predicted molar refractivity (Wildman–Crippen MR) is 141 cm³/mol. The maximum Gasteiger partial charge on any atom is 0.228 e. The lowest BCUT2D eigenvalue weighted by Crippen LogP contribution is -2.50. The summed E-state index contributed by atoms with van der Waals surface area (Å²) in [7, 11) is -3.50. The van der Waals surface area contributed by atoms with E-state index in [1.54, 1.807) is 0 Å². The molecule has 0 bridgehead atoms. The van der Waals surface area contributed by atoms with Crippen LogP contribution in [-0.4, -0.2) is 48.3 Å². The Bertz CT molecular complexity index is 1220. The van der Waals surface area contributed by atoms with E-state index in [-0.39, 0.29) is 22.5 Å². The van der Waals surface area contributed by atoms with Crippen LogP contribution in [0.2, 0.25) is 0 Å². The molecule has 6 nitrogen and oxygen atoms in total. The second-order valence-corrected chi connectivity index (χ2v) is 12.2. The Morgan fingerprint density at radius 2 is 1.57 bits per heavy atom. The molecule has 35 heavy (non-hydrogen) atoms. The van der Waals surface area contributed by atoms with Gasteiger partial charge >= 0.3 is 0 Å².